The predicted octanol–water partition coefficient (Wildman–Crippen LogP) is 3.08. The van der Waals surface area contributed by atoms with Gasteiger partial charge in [0.05, 0.1) is 12.2 Å². The molecule has 1 aliphatic heterocycles. The van der Waals surface area contributed by atoms with Crippen molar-refractivity contribution in [2.45, 2.75) is 51.9 Å². The highest BCUT2D eigenvalue weighted by Gasteiger charge is 2.28. The van der Waals surface area contributed by atoms with Gasteiger partial charge in [0, 0.05) is 12.6 Å². The van der Waals surface area contributed by atoms with Crippen molar-refractivity contribution in [1.29, 1.82) is 0 Å². The molecule has 1 aromatic rings. The number of hydrogen-bond donors (Lipinski definition) is 1. The van der Waals surface area contributed by atoms with Gasteiger partial charge in [0.2, 0.25) is 0 Å². The molecule has 0 amide bonds. The van der Waals surface area contributed by atoms with Crippen LogP contribution in [0.3, 0.4) is 0 Å². The van der Waals surface area contributed by atoms with Gasteiger partial charge in [0.15, 0.2) is 0 Å². The molecule has 0 radical (unpaired) electrons. The summed E-state index contributed by atoms with van der Waals surface area (Å²) in [5.41, 5.74) is 2.68. The summed E-state index contributed by atoms with van der Waals surface area (Å²) in [7, 11) is 0. The first kappa shape index (κ1) is 12.6. The van der Waals surface area contributed by atoms with Crippen molar-refractivity contribution < 1.29 is 4.74 Å². The lowest BCUT2D eigenvalue weighted by atomic mass is 9.99. The Morgan fingerprint density at radius 3 is 2.53 bits per heavy atom. The Balaban J connectivity index is 2.12. The van der Waals surface area contributed by atoms with Crippen molar-refractivity contribution in [2.24, 2.45) is 0 Å². The number of morpholine rings is 1. The zero-order valence-corrected chi connectivity index (χ0v) is 11.1. The maximum Gasteiger partial charge on any atom is 0.0979 e. The number of ether oxygens (including phenoxy) is 1. The van der Waals surface area contributed by atoms with Gasteiger partial charge in [-0.05, 0) is 30.9 Å². The van der Waals surface area contributed by atoms with E-state index in [0.29, 0.717) is 12.1 Å². The van der Waals surface area contributed by atoms with Gasteiger partial charge in [0.1, 0.15) is 0 Å². The number of nitrogens with one attached hydrogen (secondary N) is 1. The summed E-state index contributed by atoms with van der Waals surface area (Å²) in [4.78, 5) is 0. The Hall–Kier alpha value is -0.860. The van der Waals surface area contributed by atoms with Crippen LogP contribution in [0, 0.1) is 0 Å². The summed E-state index contributed by atoms with van der Waals surface area (Å²) >= 11 is 0. The average Bonchev–Trinajstić information content (AvgIpc) is 2.39. The van der Waals surface area contributed by atoms with Gasteiger partial charge in [-0.15, -0.1) is 0 Å². The summed E-state index contributed by atoms with van der Waals surface area (Å²) in [6.07, 6.45) is 2.71. The van der Waals surface area contributed by atoms with Crippen molar-refractivity contribution in [1.82, 2.24) is 5.32 Å². The van der Waals surface area contributed by atoms with E-state index >= 15 is 0 Å². The third kappa shape index (κ3) is 2.88. The molecule has 0 spiro atoms. The normalized spacial score (nSPS) is 29.2. The second-order valence-electron chi connectivity index (χ2n) is 4.88. The van der Waals surface area contributed by atoms with E-state index < -0.39 is 0 Å². The fourth-order valence-electron chi connectivity index (χ4n) is 2.35. The molecule has 1 aromatic carbocycles. The third-order valence-electron chi connectivity index (χ3n) is 3.63. The smallest absolute Gasteiger partial charge is 0.0979 e. The van der Waals surface area contributed by atoms with Gasteiger partial charge in [-0.2, -0.15) is 0 Å². The van der Waals surface area contributed by atoms with Crippen LogP contribution in [0.4, 0.5) is 0 Å². The standard InChI is InChI=1S/C15H23NO/c1-4-12-6-8-13(9-7-12)15-11(3)16-10-14(5-2)17-15/h6-9,11,14-16H,4-5,10H2,1-3H3. The van der Waals surface area contributed by atoms with E-state index in [1.54, 1.807) is 0 Å². The summed E-state index contributed by atoms with van der Waals surface area (Å²) in [6, 6.07) is 9.23. The highest BCUT2D eigenvalue weighted by molar-refractivity contribution is 5.25. The second kappa shape index (κ2) is 5.65. The van der Waals surface area contributed by atoms with E-state index in [-0.39, 0.29) is 6.10 Å². The molecule has 2 rings (SSSR count). The van der Waals surface area contributed by atoms with E-state index in [2.05, 4.69) is 50.4 Å². The highest BCUT2D eigenvalue weighted by atomic mass is 16.5. The predicted molar refractivity (Wildman–Crippen MR) is 71.2 cm³/mol. The molecule has 94 valence electrons. The minimum absolute atomic E-state index is 0.194. The zero-order valence-electron chi connectivity index (χ0n) is 11.1. The van der Waals surface area contributed by atoms with E-state index in [9.17, 15) is 0 Å². The molecule has 0 aromatic heterocycles. The largest absolute Gasteiger partial charge is 0.367 e. The highest BCUT2D eigenvalue weighted by Crippen LogP contribution is 2.27. The van der Waals surface area contributed by atoms with Crippen molar-refractivity contribution >= 4 is 0 Å². The lowest BCUT2D eigenvalue weighted by Gasteiger charge is -2.35. The zero-order chi connectivity index (χ0) is 12.3. The molecule has 1 saturated heterocycles. The minimum Gasteiger partial charge on any atom is -0.367 e. The summed E-state index contributed by atoms with van der Waals surface area (Å²) in [5, 5.41) is 3.54. The third-order valence-corrected chi connectivity index (χ3v) is 3.63. The van der Waals surface area contributed by atoms with Crippen LogP contribution in [-0.4, -0.2) is 18.7 Å². The number of benzene rings is 1. The van der Waals surface area contributed by atoms with Gasteiger partial charge in [-0.25, -0.2) is 0 Å². The van der Waals surface area contributed by atoms with Crippen LogP contribution in [0.1, 0.15) is 44.4 Å². The van der Waals surface area contributed by atoms with Crippen LogP contribution in [0.15, 0.2) is 24.3 Å². The molecule has 2 heteroatoms. The molecule has 17 heavy (non-hydrogen) atoms. The quantitative estimate of drug-likeness (QED) is 0.866. The Morgan fingerprint density at radius 1 is 1.24 bits per heavy atom. The van der Waals surface area contributed by atoms with Crippen molar-refractivity contribution in [3.63, 3.8) is 0 Å². The average molecular weight is 233 g/mol. The Kier molecular flexibility index (Phi) is 4.19. The first-order chi connectivity index (χ1) is 8.24. The molecule has 1 aliphatic rings. The van der Waals surface area contributed by atoms with Crippen molar-refractivity contribution in [3.05, 3.63) is 35.4 Å². The first-order valence-electron chi connectivity index (χ1n) is 6.72. The van der Waals surface area contributed by atoms with Crippen LogP contribution in [0.2, 0.25) is 0 Å². The first-order valence-corrected chi connectivity index (χ1v) is 6.72. The van der Waals surface area contributed by atoms with Crippen molar-refractivity contribution in [3.8, 4) is 0 Å². The number of hydrogen-bond acceptors (Lipinski definition) is 2. The fraction of sp³-hybridized carbons (Fsp3) is 0.600. The maximum atomic E-state index is 6.14. The van der Waals surface area contributed by atoms with Gasteiger partial charge < -0.3 is 10.1 Å². The van der Waals surface area contributed by atoms with E-state index in [4.69, 9.17) is 4.74 Å². The Morgan fingerprint density at radius 2 is 1.94 bits per heavy atom. The molecule has 1 fully saturated rings. The van der Waals surface area contributed by atoms with Crippen molar-refractivity contribution in [2.75, 3.05) is 6.54 Å². The lowest BCUT2D eigenvalue weighted by molar-refractivity contribution is -0.0622. The lowest BCUT2D eigenvalue weighted by Crippen LogP contribution is -2.46. The van der Waals surface area contributed by atoms with Gasteiger partial charge in [0.25, 0.3) is 0 Å². The molecule has 0 bridgehead atoms. The maximum absolute atomic E-state index is 6.14. The molecular formula is C15H23NO. The van der Waals surface area contributed by atoms with E-state index in [1.165, 1.54) is 11.1 Å². The molecule has 2 nitrogen and oxygen atoms in total. The van der Waals surface area contributed by atoms with Crippen LogP contribution in [0.25, 0.3) is 0 Å². The summed E-state index contributed by atoms with van der Waals surface area (Å²) in [5.74, 6) is 0. The number of rotatable bonds is 3. The molecular weight excluding hydrogens is 210 g/mol. The number of aryl methyl sites for hydroxylation is 1. The SMILES string of the molecule is CCc1ccc(C2OC(CC)CNC2C)cc1. The summed E-state index contributed by atoms with van der Waals surface area (Å²) in [6.45, 7) is 7.54. The Bertz CT molecular complexity index is 346. The van der Waals surface area contributed by atoms with Gasteiger partial charge >= 0.3 is 0 Å². The topological polar surface area (TPSA) is 21.3 Å². The van der Waals surface area contributed by atoms with Crippen LogP contribution in [0.5, 0.6) is 0 Å². The van der Waals surface area contributed by atoms with Gasteiger partial charge in [-0.3, -0.25) is 0 Å². The van der Waals surface area contributed by atoms with E-state index in [0.717, 1.165) is 19.4 Å². The Labute approximate surface area is 104 Å². The fourth-order valence-corrected chi connectivity index (χ4v) is 2.35. The molecule has 3 atom stereocenters. The monoisotopic (exact) mass is 233 g/mol. The molecule has 1 heterocycles. The van der Waals surface area contributed by atoms with E-state index in [1.807, 2.05) is 0 Å². The molecule has 0 aliphatic carbocycles. The second-order valence-corrected chi connectivity index (χ2v) is 4.88. The summed E-state index contributed by atoms with van der Waals surface area (Å²) < 4.78 is 6.14. The molecule has 1 N–H and O–H groups in total. The van der Waals surface area contributed by atoms with Crippen LogP contribution in [-0.2, 0) is 11.2 Å². The minimum atomic E-state index is 0.194. The van der Waals surface area contributed by atoms with Crippen LogP contribution < -0.4 is 5.32 Å². The molecule has 0 saturated carbocycles. The molecule has 3 unspecified atom stereocenters. The van der Waals surface area contributed by atoms with Gasteiger partial charge in [-0.1, -0.05) is 38.1 Å². The van der Waals surface area contributed by atoms with Crippen LogP contribution >= 0.6 is 0 Å².